The van der Waals surface area contributed by atoms with Gasteiger partial charge in [0.2, 0.25) is 10.0 Å². The van der Waals surface area contributed by atoms with E-state index in [4.69, 9.17) is 10.5 Å². The number of nitrogens with zero attached hydrogens (tertiary/aromatic N) is 1. The molecule has 182 valence electrons. The van der Waals surface area contributed by atoms with Crippen molar-refractivity contribution in [2.75, 3.05) is 19.6 Å². The fourth-order valence-electron chi connectivity index (χ4n) is 5.24. The zero-order chi connectivity index (χ0) is 23.2. The monoisotopic (exact) mass is 502 g/mol. The molecule has 6 nitrogen and oxygen atoms in total. The summed E-state index contributed by atoms with van der Waals surface area (Å²) in [6.45, 7) is 3.16. The number of aromatic hydroxyl groups is 1. The van der Waals surface area contributed by atoms with Crippen molar-refractivity contribution < 1.29 is 18.3 Å². The van der Waals surface area contributed by atoms with Crippen LogP contribution in [0.25, 0.3) is 10.8 Å². The average molecular weight is 503 g/mol. The van der Waals surface area contributed by atoms with Crippen molar-refractivity contribution in [1.82, 2.24) is 4.31 Å². The molecule has 0 amide bonds. The van der Waals surface area contributed by atoms with Crippen molar-refractivity contribution in [3.8, 4) is 5.75 Å². The van der Waals surface area contributed by atoms with Crippen molar-refractivity contribution in [2.24, 2.45) is 11.7 Å². The number of piperidine rings is 1. The SMILES string of the molecule is Cc1ccc2c(c1O)CC(C1CCN(S(=O)(=O)c3ccc4ccccc4c3)CC1)OC2CN.Cl. The zero-order valence-corrected chi connectivity index (χ0v) is 20.8. The van der Waals surface area contributed by atoms with Crippen LogP contribution in [-0.4, -0.2) is 43.6 Å². The van der Waals surface area contributed by atoms with Gasteiger partial charge in [-0.1, -0.05) is 42.5 Å². The number of nitrogens with two attached hydrogens (primary N) is 1. The second kappa shape index (κ2) is 9.84. The topological polar surface area (TPSA) is 92.9 Å². The molecule has 3 aromatic carbocycles. The van der Waals surface area contributed by atoms with Gasteiger partial charge < -0.3 is 15.6 Å². The minimum atomic E-state index is -3.55. The maximum Gasteiger partial charge on any atom is 0.243 e. The number of ether oxygens (including phenoxy) is 1. The third kappa shape index (κ3) is 4.43. The van der Waals surface area contributed by atoms with Crippen LogP contribution < -0.4 is 5.73 Å². The first kappa shape index (κ1) is 24.9. The van der Waals surface area contributed by atoms with Gasteiger partial charge in [-0.25, -0.2) is 8.42 Å². The zero-order valence-electron chi connectivity index (χ0n) is 19.2. The molecule has 2 aliphatic rings. The highest BCUT2D eigenvalue weighted by Crippen LogP contribution is 2.40. The van der Waals surface area contributed by atoms with Gasteiger partial charge in [-0.2, -0.15) is 4.31 Å². The molecular weight excluding hydrogens is 472 g/mol. The van der Waals surface area contributed by atoms with Gasteiger partial charge in [0.05, 0.1) is 17.1 Å². The fourth-order valence-corrected chi connectivity index (χ4v) is 6.75. The van der Waals surface area contributed by atoms with E-state index in [9.17, 15) is 13.5 Å². The molecule has 2 atom stereocenters. The van der Waals surface area contributed by atoms with Crippen LogP contribution in [0, 0.1) is 12.8 Å². The van der Waals surface area contributed by atoms with Crippen molar-refractivity contribution in [3.63, 3.8) is 0 Å². The van der Waals surface area contributed by atoms with Crippen LogP contribution in [0.1, 0.15) is 35.6 Å². The second-order valence-electron chi connectivity index (χ2n) is 9.15. The molecule has 2 aliphatic heterocycles. The summed E-state index contributed by atoms with van der Waals surface area (Å²) in [7, 11) is -3.55. The molecule has 2 heterocycles. The summed E-state index contributed by atoms with van der Waals surface area (Å²) in [6.07, 6.45) is 1.74. The standard InChI is InChI=1S/C26H30N2O4S.ClH/c1-17-6-9-22-23(26(17)29)15-24(32-25(22)16-27)19-10-12-28(13-11-19)33(30,31)21-8-7-18-4-2-3-5-20(18)14-21;/h2-9,14,19,24-25,29H,10-13,15-16,27H2,1H3;1H. The Hall–Kier alpha value is -2.16. The molecule has 0 saturated carbocycles. The molecule has 1 fully saturated rings. The van der Waals surface area contributed by atoms with Crippen LogP contribution in [0.4, 0.5) is 0 Å². The van der Waals surface area contributed by atoms with E-state index < -0.39 is 10.0 Å². The quantitative estimate of drug-likeness (QED) is 0.554. The highest BCUT2D eigenvalue weighted by atomic mass is 35.5. The Morgan fingerprint density at radius 2 is 1.76 bits per heavy atom. The predicted octanol–water partition coefficient (Wildman–Crippen LogP) is 4.32. The first-order valence-electron chi connectivity index (χ1n) is 11.5. The van der Waals surface area contributed by atoms with E-state index in [0.29, 0.717) is 36.7 Å². The largest absolute Gasteiger partial charge is 0.507 e. The molecule has 3 N–H and O–H groups in total. The van der Waals surface area contributed by atoms with Gasteiger partial charge in [-0.15, -0.1) is 12.4 Å². The van der Waals surface area contributed by atoms with Gasteiger partial charge in [-0.3, -0.25) is 0 Å². The van der Waals surface area contributed by atoms with Gasteiger partial charge >= 0.3 is 0 Å². The normalized spacial score (nSPS) is 21.7. The van der Waals surface area contributed by atoms with E-state index in [1.165, 1.54) is 0 Å². The molecule has 0 bridgehead atoms. The average Bonchev–Trinajstić information content (AvgIpc) is 2.85. The van der Waals surface area contributed by atoms with Gasteiger partial charge in [0.1, 0.15) is 5.75 Å². The number of phenolic OH excluding ortho intramolecular Hbond substituents is 1. The lowest BCUT2D eigenvalue weighted by Crippen LogP contribution is -2.44. The van der Waals surface area contributed by atoms with E-state index >= 15 is 0 Å². The number of fused-ring (bicyclic) bond motifs is 2. The lowest BCUT2D eigenvalue weighted by molar-refractivity contribution is -0.0612. The molecule has 0 aliphatic carbocycles. The number of rotatable bonds is 4. The Kier molecular flexibility index (Phi) is 7.22. The number of benzene rings is 3. The van der Waals surface area contributed by atoms with E-state index in [1.807, 2.05) is 49.4 Å². The number of hydrogen-bond acceptors (Lipinski definition) is 5. The van der Waals surface area contributed by atoms with Crippen molar-refractivity contribution in [1.29, 1.82) is 0 Å². The number of hydrogen-bond donors (Lipinski definition) is 2. The van der Waals surface area contributed by atoms with Gasteiger partial charge in [0.15, 0.2) is 0 Å². The maximum absolute atomic E-state index is 13.3. The third-order valence-electron chi connectivity index (χ3n) is 7.21. The second-order valence-corrected chi connectivity index (χ2v) is 11.1. The van der Waals surface area contributed by atoms with E-state index in [2.05, 4.69) is 0 Å². The number of aryl methyl sites for hydroxylation is 1. The summed E-state index contributed by atoms with van der Waals surface area (Å²) < 4.78 is 34.5. The Labute approximate surface area is 207 Å². The van der Waals surface area contributed by atoms with Crippen LogP contribution in [0.15, 0.2) is 59.5 Å². The molecule has 2 unspecified atom stereocenters. The number of sulfonamides is 1. The molecular formula is C26H31ClN2O4S. The minimum Gasteiger partial charge on any atom is -0.507 e. The number of phenols is 1. The Balaban J connectivity index is 0.00000274. The molecule has 0 aromatic heterocycles. The summed E-state index contributed by atoms with van der Waals surface area (Å²) in [4.78, 5) is 0.339. The van der Waals surface area contributed by atoms with Crippen LogP contribution in [0.2, 0.25) is 0 Å². The van der Waals surface area contributed by atoms with Crippen molar-refractivity contribution in [3.05, 3.63) is 71.3 Å². The van der Waals surface area contributed by atoms with Crippen LogP contribution >= 0.6 is 12.4 Å². The van der Waals surface area contributed by atoms with E-state index in [1.54, 1.807) is 16.4 Å². The Morgan fingerprint density at radius 3 is 2.47 bits per heavy atom. The summed E-state index contributed by atoms with van der Waals surface area (Å²) in [5, 5.41) is 12.6. The summed E-state index contributed by atoms with van der Waals surface area (Å²) in [6, 6.07) is 17.0. The molecule has 3 aromatic rings. The third-order valence-corrected chi connectivity index (χ3v) is 9.10. The Bertz CT molecular complexity index is 1290. The maximum atomic E-state index is 13.3. The van der Waals surface area contributed by atoms with Crippen LogP contribution in [-0.2, 0) is 21.2 Å². The summed E-state index contributed by atoms with van der Waals surface area (Å²) in [5.41, 5.74) is 8.73. The number of halogens is 1. The fraction of sp³-hybridized carbons (Fsp3) is 0.385. The van der Waals surface area contributed by atoms with Crippen LogP contribution in [0.5, 0.6) is 5.75 Å². The van der Waals surface area contributed by atoms with Gasteiger partial charge in [0, 0.05) is 31.6 Å². The van der Waals surface area contributed by atoms with Gasteiger partial charge in [0.25, 0.3) is 0 Å². The summed E-state index contributed by atoms with van der Waals surface area (Å²) in [5.74, 6) is 0.547. The van der Waals surface area contributed by atoms with Crippen LogP contribution in [0.3, 0.4) is 0 Å². The summed E-state index contributed by atoms with van der Waals surface area (Å²) >= 11 is 0. The molecule has 5 rings (SSSR count). The van der Waals surface area contributed by atoms with E-state index in [0.717, 1.165) is 40.3 Å². The molecule has 0 spiro atoms. The predicted molar refractivity (Wildman–Crippen MR) is 136 cm³/mol. The van der Waals surface area contributed by atoms with Crippen molar-refractivity contribution >= 4 is 33.2 Å². The lowest BCUT2D eigenvalue weighted by Gasteiger charge is -2.40. The van der Waals surface area contributed by atoms with Crippen molar-refractivity contribution in [2.45, 2.75) is 43.3 Å². The highest BCUT2D eigenvalue weighted by Gasteiger charge is 2.37. The highest BCUT2D eigenvalue weighted by molar-refractivity contribution is 7.89. The minimum absolute atomic E-state index is 0. The van der Waals surface area contributed by atoms with Gasteiger partial charge in [-0.05, 0) is 59.7 Å². The first-order valence-corrected chi connectivity index (χ1v) is 13.0. The Morgan fingerprint density at radius 1 is 1.06 bits per heavy atom. The molecule has 34 heavy (non-hydrogen) atoms. The smallest absolute Gasteiger partial charge is 0.243 e. The first-order chi connectivity index (χ1) is 15.9. The molecule has 1 saturated heterocycles. The van der Waals surface area contributed by atoms with E-state index in [-0.39, 0.29) is 30.5 Å². The molecule has 8 heteroatoms. The lowest BCUT2D eigenvalue weighted by atomic mass is 9.83. The molecule has 0 radical (unpaired) electrons.